The molecule has 6 nitrogen and oxygen atoms in total. The minimum absolute atomic E-state index is 0.113. The van der Waals surface area contributed by atoms with E-state index in [2.05, 4.69) is 35.6 Å². The maximum Gasteiger partial charge on any atom is 0.261 e. The number of fused-ring (bicyclic) bond motifs is 1. The molecule has 5 rings (SSSR count). The molecule has 0 spiro atoms. The Hall–Kier alpha value is -3.95. The Labute approximate surface area is 230 Å². The maximum absolute atomic E-state index is 13.6. The molecule has 4 aromatic rings. The van der Waals surface area contributed by atoms with Crippen LogP contribution >= 0.6 is 11.3 Å². The number of alkyl halides is 2. The number of halogens is 2. The van der Waals surface area contributed by atoms with Crippen LogP contribution in [0.4, 0.5) is 14.5 Å². The van der Waals surface area contributed by atoms with Gasteiger partial charge < -0.3 is 10.7 Å². The first-order valence-corrected chi connectivity index (χ1v) is 13.5. The van der Waals surface area contributed by atoms with Gasteiger partial charge in [0.25, 0.3) is 5.92 Å². The highest BCUT2D eigenvalue weighted by Crippen LogP contribution is 2.34. The van der Waals surface area contributed by atoms with Crippen LogP contribution in [0.1, 0.15) is 35.3 Å². The predicted octanol–water partition coefficient (Wildman–Crippen LogP) is 6.85. The fraction of sp³-hybridized carbons (Fsp3) is 0.233. The monoisotopic (exact) mass is 544 g/mol. The molecular weight excluding hydrogens is 514 g/mol. The van der Waals surface area contributed by atoms with Crippen LogP contribution in [0.3, 0.4) is 0 Å². The molecule has 0 unspecified atom stereocenters. The molecule has 0 atom stereocenters. The number of nitrogens with zero attached hydrogens (tertiary/aromatic N) is 3. The maximum atomic E-state index is 13.6. The predicted molar refractivity (Wildman–Crippen MR) is 157 cm³/mol. The second kappa shape index (κ2) is 10.7. The highest BCUT2D eigenvalue weighted by Gasteiger charge is 2.37. The number of aryl methyl sites for hydroxylation is 1. The number of nitrogen functional groups attached to an aromatic ring is 1. The largest absolute Gasteiger partial charge is 0.397 e. The number of H-pyrrole nitrogens is 1. The zero-order valence-corrected chi connectivity index (χ0v) is 22.7. The van der Waals surface area contributed by atoms with Gasteiger partial charge in [-0.05, 0) is 50.2 Å². The Morgan fingerprint density at radius 3 is 2.79 bits per heavy atom. The minimum Gasteiger partial charge on any atom is -0.397 e. The highest BCUT2D eigenvalue weighted by molar-refractivity contribution is 7.15. The summed E-state index contributed by atoms with van der Waals surface area (Å²) in [5, 5.41) is 9.88. The van der Waals surface area contributed by atoms with Gasteiger partial charge in [0.1, 0.15) is 17.1 Å². The van der Waals surface area contributed by atoms with E-state index >= 15 is 0 Å². The average molecular weight is 545 g/mol. The van der Waals surface area contributed by atoms with E-state index in [1.807, 2.05) is 31.2 Å². The van der Waals surface area contributed by atoms with Gasteiger partial charge in [-0.2, -0.15) is 0 Å². The fourth-order valence-corrected chi connectivity index (χ4v) is 5.76. The van der Waals surface area contributed by atoms with Crippen molar-refractivity contribution in [1.29, 1.82) is 5.41 Å². The van der Waals surface area contributed by atoms with Gasteiger partial charge in [-0.1, -0.05) is 30.4 Å². The summed E-state index contributed by atoms with van der Waals surface area (Å²) in [6.07, 6.45) is 7.04. The number of hydrogen-bond donors (Lipinski definition) is 3. The van der Waals surface area contributed by atoms with E-state index in [0.29, 0.717) is 41.5 Å². The van der Waals surface area contributed by atoms with Crippen molar-refractivity contribution >= 4 is 39.3 Å². The summed E-state index contributed by atoms with van der Waals surface area (Å²) in [5.41, 5.74) is 11.8. The van der Waals surface area contributed by atoms with E-state index in [4.69, 9.17) is 16.1 Å². The van der Waals surface area contributed by atoms with Gasteiger partial charge >= 0.3 is 0 Å². The van der Waals surface area contributed by atoms with E-state index in [1.165, 1.54) is 4.88 Å². The van der Waals surface area contributed by atoms with Gasteiger partial charge in [-0.3, -0.25) is 10.3 Å². The third-order valence-electron chi connectivity index (χ3n) is 6.69. The van der Waals surface area contributed by atoms with Crippen LogP contribution in [0.2, 0.25) is 0 Å². The molecule has 4 N–H and O–H groups in total. The van der Waals surface area contributed by atoms with E-state index in [-0.39, 0.29) is 18.7 Å². The van der Waals surface area contributed by atoms with E-state index < -0.39 is 5.92 Å². The Bertz CT molecular complexity index is 1630. The van der Waals surface area contributed by atoms with Crippen molar-refractivity contribution in [2.45, 2.75) is 26.2 Å². The molecule has 1 aliphatic heterocycles. The van der Waals surface area contributed by atoms with Crippen molar-refractivity contribution in [3.8, 4) is 10.4 Å². The third kappa shape index (κ3) is 5.74. The summed E-state index contributed by atoms with van der Waals surface area (Å²) in [5.74, 6) is -2.63. The zero-order valence-electron chi connectivity index (χ0n) is 21.9. The van der Waals surface area contributed by atoms with Crippen LogP contribution < -0.4 is 5.73 Å². The van der Waals surface area contributed by atoms with Gasteiger partial charge in [-0.25, -0.2) is 18.7 Å². The number of aromatic amines is 1. The van der Waals surface area contributed by atoms with Crippen molar-refractivity contribution in [2.75, 3.05) is 25.4 Å². The number of anilines is 1. The van der Waals surface area contributed by atoms with E-state index in [1.54, 1.807) is 40.6 Å². The molecule has 4 aromatic heterocycles. The van der Waals surface area contributed by atoms with Gasteiger partial charge in [0, 0.05) is 52.0 Å². The number of hydrogen-bond acceptors (Lipinski definition) is 6. The van der Waals surface area contributed by atoms with Gasteiger partial charge in [-0.15, -0.1) is 11.3 Å². The lowest BCUT2D eigenvalue weighted by Gasteiger charge is -2.16. The molecule has 9 heteroatoms. The van der Waals surface area contributed by atoms with E-state index in [0.717, 1.165) is 27.0 Å². The molecule has 200 valence electrons. The molecule has 1 saturated heterocycles. The molecule has 0 saturated carbocycles. The van der Waals surface area contributed by atoms with Crippen molar-refractivity contribution in [2.24, 2.45) is 0 Å². The molecule has 1 aliphatic rings. The summed E-state index contributed by atoms with van der Waals surface area (Å²) in [7, 11) is 0. The molecule has 0 bridgehead atoms. The summed E-state index contributed by atoms with van der Waals surface area (Å²) >= 11 is 1.71. The Morgan fingerprint density at radius 1 is 1.28 bits per heavy atom. The zero-order chi connectivity index (χ0) is 27.7. The molecular formula is C30H30F2N6S. The van der Waals surface area contributed by atoms with Crippen molar-refractivity contribution in [3.05, 3.63) is 94.9 Å². The topological polar surface area (TPSA) is 94.7 Å². The number of nitrogens with two attached hydrogens (primary N) is 1. The number of aromatic nitrogens is 3. The molecule has 5 heterocycles. The molecule has 0 aliphatic carbocycles. The fourth-order valence-electron chi connectivity index (χ4n) is 4.85. The van der Waals surface area contributed by atoms with Gasteiger partial charge in [0.05, 0.1) is 23.6 Å². The molecule has 0 radical (unpaired) electrons. The number of rotatable bonds is 8. The second-order valence-corrected chi connectivity index (χ2v) is 11.2. The lowest BCUT2D eigenvalue weighted by atomic mass is 10.0. The van der Waals surface area contributed by atoms with Crippen LogP contribution in [0.25, 0.3) is 27.0 Å². The van der Waals surface area contributed by atoms with Crippen LogP contribution in [0.5, 0.6) is 0 Å². The number of likely N-dealkylation sites (tertiary alicyclic amines) is 1. The first-order valence-electron chi connectivity index (χ1n) is 12.6. The standard InChI is InChI=1S/C30H30F2N6S/c1-4-5-20(14-18(2)16-38-13-11-30(31,32)17-38)24-8-7-23(33)28(36-24)27(34)25-15-22-21(10-12-35-29(22)37-25)26-9-6-19(3)39-26/h4-10,12,14-15,34H,1,11,13,16-17,33H2,2-3H3,(H,35,37)/b18-14+,20-5+,34-27?. The molecule has 0 aromatic carbocycles. The van der Waals surface area contributed by atoms with Gasteiger partial charge in [0.15, 0.2) is 0 Å². The molecule has 0 amide bonds. The second-order valence-electron chi connectivity index (χ2n) is 9.89. The van der Waals surface area contributed by atoms with Gasteiger partial charge in [0.2, 0.25) is 0 Å². The number of thiophene rings is 1. The van der Waals surface area contributed by atoms with E-state index in [9.17, 15) is 8.78 Å². The number of allylic oxidation sites excluding steroid dienone is 4. The molecule has 1 fully saturated rings. The first kappa shape index (κ1) is 26.6. The van der Waals surface area contributed by atoms with Crippen LogP contribution in [-0.2, 0) is 0 Å². The minimum atomic E-state index is -2.63. The van der Waals surface area contributed by atoms with Crippen molar-refractivity contribution in [3.63, 3.8) is 0 Å². The summed E-state index contributed by atoms with van der Waals surface area (Å²) in [6.45, 7) is 8.38. The Balaban J connectivity index is 1.45. The molecule has 39 heavy (non-hydrogen) atoms. The normalized spacial score (nSPS) is 16.2. The third-order valence-corrected chi connectivity index (χ3v) is 7.72. The van der Waals surface area contributed by atoms with Crippen molar-refractivity contribution in [1.82, 2.24) is 19.9 Å². The Kier molecular flexibility index (Phi) is 7.29. The van der Waals surface area contributed by atoms with Crippen molar-refractivity contribution < 1.29 is 8.78 Å². The Morgan fingerprint density at radius 2 is 2.10 bits per heavy atom. The number of pyridine rings is 2. The smallest absolute Gasteiger partial charge is 0.261 e. The van der Waals surface area contributed by atoms with Crippen LogP contribution in [0.15, 0.2) is 73.0 Å². The highest BCUT2D eigenvalue weighted by atomic mass is 32.1. The quantitative estimate of drug-likeness (QED) is 0.167. The summed E-state index contributed by atoms with van der Waals surface area (Å²) in [6, 6.07) is 11.6. The lowest BCUT2D eigenvalue weighted by Crippen LogP contribution is -2.26. The average Bonchev–Trinajstić information content (AvgIpc) is 3.61. The summed E-state index contributed by atoms with van der Waals surface area (Å²) < 4.78 is 27.3. The van der Waals surface area contributed by atoms with Crippen LogP contribution in [0, 0.1) is 12.3 Å². The lowest BCUT2D eigenvalue weighted by molar-refractivity contribution is 0.0131. The van der Waals surface area contributed by atoms with Crippen LogP contribution in [-0.4, -0.2) is 51.1 Å². The summed E-state index contributed by atoms with van der Waals surface area (Å²) in [4.78, 5) is 16.6. The number of nitrogens with one attached hydrogen (secondary N) is 2. The first-order chi connectivity index (χ1) is 18.6. The SMILES string of the molecule is C=C/C=C(\C=C(/C)CN1CCC(F)(F)C1)c1ccc(N)c(C(=N)c2cc3c(-c4ccc(C)s4)ccnc3[nH]2)n1.